The van der Waals surface area contributed by atoms with Crippen LogP contribution in [0.5, 0.6) is 0 Å². The van der Waals surface area contributed by atoms with E-state index in [1.165, 1.54) is 21.9 Å². The monoisotopic (exact) mass is 283 g/mol. The summed E-state index contributed by atoms with van der Waals surface area (Å²) in [4.78, 5) is 17.1. The summed E-state index contributed by atoms with van der Waals surface area (Å²) in [6.45, 7) is 2.01. The van der Waals surface area contributed by atoms with Crippen LogP contribution in [0.2, 0.25) is 0 Å². The Kier molecular flexibility index (Phi) is 3.43. The van der Waals surface area contributed by atoms with Gasteiger partial charge < -0.3 is 0 Å². The molecule has 2 heterocycles. The van der Waals surface area contributed by atoms with Crippen LogP contribution in [-0.4, -0.2) is 14.6 Å². The van der Waals surface area contributed by atoms with E-state index >= 15 is 0 Å². The molecule has 0 aliphatic carbocycles. The lowest BCUT2D eigenvalue weighted by atomic mass is 10.2. The molecule has 3 rings (SSSR count). The van der Waals surface area contributed by atoms with Crippen molar-refractivity contribution >= 4 is 28.4 Å². The molecule has 5 heteroatoms. The van der Waals surface area contributed by atoms with Gasteiger partial charge in [0.25, 0.3) is 5.56 Å². The maximum atomic E-state index is 12.0. The largest absolute Gasteiger partial charge is 0.275 e. The zero-order chi connectivity index (χ0) is 13.9. The van der Waals surface area contributed by atoms with E-state index < -0.39 is 0 Å². The second kappa shape index (κ2) is 5.38. The first-order valence-corrected chi connectivity index (χ1v) is 7.21. The predicted molar refractivity (Wildman–Crippen MR) is 81.9 cm³/mol. The summed E-state index contributed by atoms with van der Waals surface area (Å²) < 4.78 is 1.36. The zero-order valence-corrected chi connectivity index (χ0v) is 11.8. The van der Waals surface area contributed by atoms with Gasteiger partial charge in [-0.15, -0.1) is 0 Å². The fraction of sp³-hybridized carbons (Fsp3) is 0.133. The van der Waals surface area contributed by atoms with E-state index in [0.717, 1.165) is 17.0 Å². The molecule has 3 aromatic rings. The quantitative estimate of drug-likeness (QED) is 0.742. The Hall–Kier alpha value is -2.27. The van der Waals surface area contributed by atoms with Gasteiger partial charge in [-0.05, 0) is 18.1 Å². The standard InChI is InChI=1S/C15H13N3OS/c1-2-13-17-18-14(19)10-12(16-15(18)20-13)9-8-11-6-4-3-5-7-11/h3-10H,2H2,1H3. The summed E-state index contributed by atoms with van der Waals surface area (Å²) in [7, 11) is 0. The lowest BCUT2D eigenvalue weighted by Gasteiger charge is -1.94. The molecule has 0 N–H and O–H groups in total. The van der Waals surface area contributed by atoms with Gasteiger partial charge in [-0.1, -0.05) is 54.7 Å². The Balaban J connectivity index is 2.00. The van der Waals surface area contributed by atoms with Gasteiger partial charge >= 0.3 is 0 Å². The van der Waals surface area contributed by atoms with Crippen LogP contribution in [0.25, 0.3) is 17.1 Å². The topological polar surface area (TPSA) is 47.3 Å². The van der Waals surface area contributed by atoms with Gasteiger partial charge in [-0.3, -0.25) is 4.79 Å². The zero-order valence-electron chi connectivity index (χ0n) is 11.0. The van der Waals surface area contributed by atoms with Crippen LogP contribution in [-0.2, 0) is 6.42 Å². The summed E-state index contributed by atoms with van der Waals surface area (Å²) in [5, 5.41) is 5.14. The molecule has 100 valence electrons. The van der Waals surface area contributed by atoms with Crippen LogP contribution in [0.3, 0.4) is 0 Å². The number of fused-ring (bicyclic) bond motifs is 1. The third-order valence-electron chi connectivity index (χ3n) is 2.86. The third-order valence-corrected chi connectivity index (χ3v) is 3.91. The SMILES string of the molecule is CCc1nn2c(=O)cc(C=Cc3ccccc3)nc2s1. The molecule has 0 radical (unpaired) electrons. The van der Waals surface area contributed by atoms with Crippen molar-refractivity contribution in [1.29, 1.82) is 0 Å². The van der Waals surface area contributed by atoms with E-state index in [4.69, 9.17) is 0 Å². The lowest BCUT2D eigenvalue weighted by molar-refractivity contribution is 0.858. The summed E-state index contributed by atoms with van der Waals surface area (Å²) >= 11 is 1.45. The number of hydrogen-bond donors (Lipinski definition) is 0. The predicted octanol–water partition coefficient (Wildman–Crippen LogP) is 2.88. The number of rotatable bonds is 3. The molecule has 20 heavy (non-hydrogen) atoms. The molecule has 0 atom stereocenters. The van der Waals surface area contributed by atoms with Gasteiger partial charge in [0.2, 0.25) is 4.96 Å². The number of nitrogens with zero attached hydrogens (tertiary/aromatic N) is 3. The normalized spacial score (nSPS) is 11.4. The molecule has 2 aromatic heterocycles. The van der Waals surface area contributed by atoms with E-state index in [0.29, 0.717) is 10.7 Å². The molecule has 0 fully saturated rings. The Morgan fingerprint density at radius 1 is 1.25 bits per heavy atom. The van der Waals surface area contributed by atoms with Crippen molar-refractivity contribution in [2.24, 2.45) is 0 Å². The third kappa shape index (κ3) is 2.53. The van der Waals surface area contributed by atoms with E-state index in [2.05, 4.69) is 10.1 Å². The van der Waals surface area contributed by atoms with Gasteiger partial charge in [-0.2, -0.15) is 9.61 Å². The minimum absolute atomic E-state index is 0.140. The Morgan fingerprint density at radius 3 is 2.80 bits per heavy atom. The van der Waals surface area contributed by atoms with Crippen molar-refractivity contribution in [3.63, 3.8) is 0 Å². The molecule has 0 unspecified atom stereocenters. The fourth-order valence-corrected chi connectivity index (χ4v) is 2.69. The van der Waals surface area contributed by atoms with Crippen LogP contribution in [0.4, 0.5) is 0 Å². The summed E-state index contributed by atoms with van der Waals surface area (Å²) in [6.07, 6.45) is 4.60. The highest BCUT2D eigenvalue weighted by Crippen LogP contribution is 2.13. The van der Waals surface area contributed by atoms with Crippen molar-refractivity contribution < 1.29 is 0 Å². The van der Waals surface area contributed by atoms with Gasteiger partial charge in [0.15, 0.2) is 0 Å². The Labute approximate surface area is 120 Å². The number of hydrogen-bond acceptors (Lipinski definition) is 4. The molecule has 4 nitrogen and oxygen atoms in total. The number of benzene rings is 1. The maximum Gasteiger partial charge on any atom is 0.275 e. The number of aryl methyl sites for hydroxylation is 1. The molecule has 0 aliphatic heterocycles. The maximum absolute atomic E-state index is 12.0. The summed E-state index contributed by atoms with van der Waals surface area (Å²) in [5.41, 5.74) is 1.59. The average molecular weight is 283 g/mol. The van der Waals surface area contributed by atoms with Crippen molar-refractivity contribution in [3.8, 4) is 0 Å². The highest BCUT2D eigenvalue weighted by molar-refractivity contribution is 7.16. The lowest BCUT2D eigenvalue weighted by Crippen LogP contribution is -2.14. The van der Waals surface area contributed by atoms with Crippen LogP contribution in [0.15, 0.2) is 41.2 Å². The second-order valence-electron chi connectivity index (χ2n) is 4.31. The minimum atomic E-state index is -0.140. The summed E-state index contributed by atoms with van der Waals surface area (Å²) in [6, 6.07) is 11.4. The van der Waals surface area contributed by atoms with Crippen molar-refractivity contribution in [1.82, 2.24) is 14.6 Å². The van der Waals surface area contributed by atoms with Crippen LogP contribution in [0.1, 0.15) is 23.2 Å². The summed E-state index contributed by atoms with van der Waals surface area (Å²) in [5.74, 6) is 0. The van der Waals surface area contributed by atoms with Crippen LogP contribution in [0, 0.1) is 0 Å². The highest BCUT2D eigenvalue weighted by atomic mass is 32.1. The molecule has 1 aromatic carbocycles. The van der Waals surface area contributed by atoms with E-state index in [-0.39, 0.29) is 5.56 Å². The van der Waals surface area contributed by atoms with Crippen molar-refractivity contribution in [2.45, 2.75) is 13.3 Å². The average Bonchev–Trinajstić information content (AvgIpc) is 2.90. The highest BCUT2D eigenvalue weighted by Gasteiger charge is 2.06. The molecule has 0 aliphatic rings. The van der Waals surface area contributed by atoms with E-state index in [1.807, 2.05) is 49.4 Å². The van der Waals surface area contributed by atoms with E-state index in [1.54, 1.807) is 0 Å². The van der Waals surface area contributed by atoms with Crippen LogP contribution < -0.4 is 5.56 Å². The van der Waals surface area contributed by atoms with Gasteiger partial charge in [-0.25, -0.2) is 4.98 Å². The molecule has 0 amide bonds. The molecule has 0 bridgehead atoms. The van der Waals surface area contributed by atoms with Crippen LogP contribution >= 0.6 is 11.3 Å². The van der Waals surface area contributed by atoms with Gasteiger partial charge in [0.05, 0.1) is 5.69 Å². The first kappa shape index (κ1) is 12.7. The van der Waals surface area contributed by atoms with Crippen molar-refractivity contribution in [2.75, 3.05) is 0 Å². The Bertz CT molecular complexity index is 818. The smallest absolute Gasteiger partial charge is 0.267 e. The molecule has 0 spiro atoms. The molecule has 0 saturated heterocycles. The minimum Gasteiger partial charge on any atom is -0.267 e. The van der Waals surface area contributed by atoms with Gasteiger partial charge in [0.1, 0.15) is 5.01 Å². The van der Waals surface area contributed by atoms with Crippen molar-refractivity contribution in [3.05, 3.63) is 63.0 Å². The Morgan fingerprint density at radius 2 is 2.05 bits per heavy atom. The number of aromatic nitrogens is 3. The molecular formula is C15H13N3OS. The van der Waals surface area contributed by atoms with Gasteiger partial charge in [0, 0.05) is 6.07 Å². The van der Waals surface area contributed by atoms with E-state index in [9.17, 15) is 4.79 Å². The fourth-order valence-electron chi connectivity index (χ4n) is 1.84. The molecular weight excluding hydrogens is 270 g/mol. The molecule has 0 saturated carbocycles. The first-order chi connectivity index (χ1) is 9.76. The first-order valence-electron chi connectivity index (χ1n) is 6.39. The second-order valence-corrected chi connectivity index (χ2v) is 5.35.